The Balaban J connectivity index is 2.37. The Morgan fingerprint density at radius 1 is 1.25 bits per heavy atom. The summed E-state index contributed by atoms with van der Waals surface area (Å²) in [5.74, 6) is 0. The first-order chi connectivity index (χ1) is 5.83. The van der Waals surface area contributed by atoms with Gasteiger partial charge in [0.05, 0.1) is 0 Å². The molecule has 0 aromatic heterocycles. The van der Waals surface area contributed by atoms with Gasteiger partial charge in [0, 0.05) is 15.8 Å². The summed E-state index contributed by atoms with van der Waals surface area (Å²) in [5.41, 5.74) is 1.23. The Labute approximate surface area is 87.7 Å². The molecule has 0 aliphatic carbocycles. The predicted molar refractivity (Wildman–Crippen MR) is 62.6 cm³/mol. The first kappa shape index (κ1) is 9.84. The molecule has 0 aliphatic heterocycles. The average molecular weight is 275 g/mol. The molecule has 0 aliphatic rings. The lowest BCUT2D eigenvalue weighted by atomic mass is 10.3. The molecule has 0 saturated carbocycles. The molecule has 0 spiro atoms. The Hall–Kier alpha value is -0.250. The van der Waals surface area contributed by atoms with Gasteiger partial charge in [0.1, 0.15) is 0 Å². The van der Waals surface area contributed by atoms with Crippen LogP contribution in [-0.4, -0.2) is 6.54 Å². The van der Waals surface area contributed by atoms with Crippen molar-refractivity contribution in [1.29, 1.82) is 0 Å². The summed E-state index contributed by atoms with van der Waals surface area (Å²) < 4.78 is 1.29. The van der Waals surface area contributed by atoms with E-state index in [0.29, 0.717) is 0 Å². The van der Waals surface area contributed by atoms with Gasteiger partial charge in [-0.2, -0.15) is 0 Å². The van der Waals surface area contributed by atoms with Gasteiger partial charge in [-0.3, -0.25) is 0 Å². The number of halogens is 1. The number of hydrogen-bond donors (Lipinski definition) is 1. The highest BCUT2D eigenvalue weighted by atomic mass is 127. The molecule has 1 nitrogen and oxygen atoms in total. The number of nitrogens with one attached hydrogen (secondary N) is 1. The van der Waals surface area contributed by atoms with Gasteiger partial charge in [0.25, 0.3) is 0 Å². The van der Waals surface area contributed by atoms with Gasteiger partial charge < -0.3 is 5.32 Å². The third-order valence-electron chi connectivity index (χ3n) is 1.70. The van der Waals surface area contributed by atoms with Crippen LogP contribution in [0.25, 0.3) is 0 Å². The van der Waals surface area contributed by atoms with Crippen molar-refractivity contribution in [3.63, 3.8) is 0 Å². The van der Waals surface area contributed by atoms with E-state index in [-0.39, 0.29) is 0 Å². The van der Waals surface area contributed by atoms with Crippen LogP contribution < -0.4 is 5.32 Å². The Morgan fingerprint density at radius 3 is 2.50 bits per heavy atom. The standard InChI is InChI=1S/C10H14IN/c1-2-3-8-12-10-6-4-9(11)5-7-10/h4-7,12H,2-3,8H2,1H3. The molecular weight excluding hydrogens is 261 g/mol. The first-order valence-electron chi connectivity index (χ1n) is 4.32. The molecular formula is C10H14IN. The van der Waals surface area contributed by atoms with Crippen LogP contribution in [0.3, 0.4) is 0 Å². The molecule has 0 unspecified atom stereocenters. The third kappa shape index (κ3) is 3.43. The van der Waals surface area contributed by atoms with Crippen molar-refractivity contribution < 1.29 is 0 Å². The maximum Gasteiger partial charge on any atom is 0.0340 e. The summed E-state index contributed by atoms with van der Waals surface area (Å²) in [6.45, 7) is 3.28. The van der Waals surface area contributed by atoms with Crippen molar-refractivity contribution in [2.24, 2.45) is 0 Å². The van der Waals surface area contributed by atoms with Crippen molar-refractivity contribution in [2.45, 2.75) is 19.8 Å². The summed E-state index contributed by atoms with van der Waals surface area (Å²) in [6.07, 6.45) is 2.49. The van der Waals surface area contributed by atoms with E-state index >= 15 is 0 Å². The monoisotopic (exact) mass is 275 g/mol. The molecule has 0 bridgehead atoms. The van der Waals surface area contributed by atoms with Gasteiger partial charge in [-0.1, -0.05) is 13.3 Å². The molecule has 0 atom stereocenters. The van der Waals surface area contributed by atoms with E-state index in [1.54, 1.807) is 0 Å². The average Bonchev–Trinajstić information content (AvgIpc) is 2.09. The molecule has 2 heteroatoms. The maximum absolute atomic E-state index is 3.37. The first-order valence-corrected chi connectivity index (χ1v) is 5.40. The summed E-state index contributed by atoms with van der Waals surface area (Å²) in [5, 5.41) is 3.37. The fraction of sp³-hybridized carbons (Fsp3) is 0.400. The zero-order chi connectivity index (χ0) is 8.81. The second-order valence-electron chi connectivity index (χ2n) is 2.79. The minimum atomic E-state index is 1.08. The smallest absolute Gasteiger partial charge is 0.0340 e. The zero-order valence-electron chi connectivity index (χ0n) is 7.31. The van der Waals surface area contributed by atoms with E-state index < -0.39 is 0 Å². The molecule has 0 heterocycles. The van der Waals surface area contributed by atoms with E-state index in [0.717, 1.165) is 6.54 Å². The number of unbranched alkanes of at least 4 members (excludes halogenated alkanes) is 1. The molecule has 0 fully saturated rings. The van der Waals surface area contributed by atoms with Crippen molar-refractivity contribution >= 4 is 28.3 Å². The van der Waals surface area contributed by atoms with Crippen molar-refractivity contribution in [3.05, 3.63) is 27.8 Å². The Morgan fingerprint density at radius 2 is 1.92 bits per heavy atom. The van der Waals surface area contributed by atoms with Crippen LogP contribution in [0.5, 0.6) is 0 Å². The van der Waals surface area contributed by atoms with Crippen LogP contribution in [0.4, 0.5) is 5.69 Å². The lowest BCUT2D eigenvalue weighted by Gasteiger charge is -2.04. The molecule has 0 saturated heterocycles. The van der Waals surface area contributed by atoms with E-state index in [2.05, 4.69) is 59.1 Å². The van der Waals surface area contributed by atoms with Crippen LogP contribution in [0, 0.1) is 3.57 Å². The van der Waals surface area contributed by atoms with Gasteiger partial charge in [-0.25, -0.2) is 0 Å². The second-order valence-corrected chi connectivity index (χ2v) is 4.03. The lowest BCUT2D eigenvalue weighted by Crippen LogP contribution is -2.00. The molecule has 1 rings (SSSR count). The summed E-state index contributed by atoms with van der Waals surface area (Å²) >= 11 is 2.31. The zero-order valence-corrected chi connectivity index (χ0v) is 9.47. The van der Waals surface area contributed by atoms with E-state index in [9.17, 15) is 0 Å². The topological polar surface area (TPSA) is 12.0 Å². The largest absolute Gasteiger partial charge is 0.385 e. The van der Waals surface area contributed by atoms with Gasteiger partial charge in [0.15, 0.2) is 0 Å². The lowest BCUT2D eigenvalue weighted by molar-refractivity contribution is 0.834. The molecule has 0 amide bonds. The third-order valence-corrected chi connectivity index (χ3v) is 2.42. The van der Waals surface area contributed by atoms with Crippen molar-refractivity contribution in [3.8, 4) is 0 Å². The SMILES string of the molecule is CCCCNc1ccc(I)cc1. The van der Waals surface area contributed by atoms with Crippen LogP contribution in [0.15, 0.2) is 24.3 Å². The molecule has 1 aromatic rings. The highest BCUT2D eigenvalue weighted by molar-refractivity contribution is 14.1. The van der Waals surface area contributed by atoms with E-state index in [1.807, 2.05) is 0 Å². The molecule has 1 N–H and O–H groups in total. The summed E-state index contributed by atoms with van der Waals surface area (Å²) in [7, 11) is 0. The fourth-order valence-electron chi connectivity index (χ4n) is 0.977. The quantitative estimate of drug-likeness (QED) is 0.655. The van der Waals surface area contributed by atoms with Gasteiger partial charge in [-0.05, 0) is 53.3 Å². The minimum Gasteiger partial charge on any atom is -0.385 e. The van der Waals surface area contributed by atoms with E-state index in [1.165, 1.54) is 22.1 Å². The highest BCUT2D eigenvalue weighted by Crippen LogP contribution is 2.10. The molecule has 12 heavy (non-hydrogen) atoms. The number of benzene rings is 1. The highest BCUT2D eigenvalue weighted by Gasteiger charge is 1.89. The summed E-state index contributed by atoms with van der Waals surface area (Å²) in [4.78, 5) is 0. The fourth-order valence-corrected chi connectivity index (χ4v) is 1.34. The summed E-state index contributed by atoms with van der Waals surface area (Å²) in [6, 6.07) is 8.48. The Bertz CT molecular complexity index is 218. The van der Waals surface area contributed by atoms with Crippen LogP contribution in [0.2, 0.25) is 0 Å². The van der Waals surface area contributed by atoms with Gasteiger partial charge in [-0.15, -0.1) is 0 Å². The van der Waals surface area contributed by atoms with Crippen LogP contribution in [-0.2, 0) is 0 Å². The number of anilines is 1. The normalized spacial score (nSPS) is 9.83. The Kier molecular flexibility index (Phi) is 4.43. The van der Waals surface area contributed by atoms with Gasteiger partial charge >= 0.3 is 0 Å². The van der Waals surface area contributed by atoms with Gasteiger partial charge in [0.2, 0.25) is 0 Å². The van der Waals surface area contributed by atoms with E-state index in [4.69, 9.17) is 0 Å². The van der Waals surface area contributed by atoms with Crippen LogP contribution in [0.1, 0.15) is 19.8 Å². The van der Waals surface area contributed by atoms with Crippen molar-refractivity contribution in [2.75, 3.05) is 11.9 Å². The van der Waals surface area contributed by atoms with Crippen molar-refractivity contribution in [1.82, 2.24) is 0 Å². The molecule has 66 valence electrons. The number of hydrogen-bond acceptors (Lipinski definition) is 1. The maximum atomic E-state index is 3.37. The second kappa shape index (κ2) is 5.41. The minimum absolute atomic E-state index is 1.08. The predicted octanol–water partition coefficient (Wildman–Crippen LogP) is 3.50. The molecule has 1 aromatic carbocycles. The number of rotatable bonds is 4. The van der Waals surface area contributed by atoms with Crippen LogP contribution >= 0.6 is 22.6 Å². The molecule has 0 radical (unpaired) electrons.